The molecule has 0 spiro atoms. The molecule has 0 saturated carbocycles. The van der Waals surface area contributed by atoms with Crippen LogP contribution in [0.1, 0.15) is 30.1 Å². The Balaban J connectivity index is 2.73. The fourth-order valence-electron chi connectivity index (χ4n) is 1.57. The number of carbonyl (C=O) groups is 1. The first-order chi connectivity index (χ1) is 9.45. The Morgan fingerprint density at radius 1 is 1.50 bits per heavy atom. The van der Waals surface area contributed by atoms with Crippen molar-refractivity contribution in [1.82, 2.24) is 5.32 Å². The first-order valence-corrected chi connectivity index (χ1v) is 7.28. The number of hydrogen-bond acceptors (Lipinski definition) is 3. The summed E-state index contributed by atoms with van der Waals surface area (Å²) >= 11 is 8.84. The van der Waals surface area contributed by atoms with Gasteiger partial charge in [0.15, 0.2) is 5.78 Å². The number of benzene rings is 1. The van der Waals surface area contributed by atoms with Crippen LogP contribution in [0.15, 0.2) is 34.4 Å². The Morgan fingerprint density at radius 2 is 2.20 bits per heavy atom. The molecule has 0 unspecified atom stereocenters. The smallest absolute Gasteiger partial charge is 0.164 e. The van der Waals surface area contributed by atoms with Crippen LogP contribution >= 0.6 is 27.5 Å². The minimum absolute atomic E-state index is 0.0862. The van der Waals surface area contributed by atoms with E-state index in [2.05, 4.69) is 21.2 Å². The standard InChI is InChI=1S/C14H15BrClFN2O/c1-2-19-8-9(14(16)18)3-6-13(20)11-5-4-10(17)7-12(11)15/h4-5,7-8,18-19H,2-3,6H2,1H3/b9-8-,18-14?. The molecular weight excluding hydrogens is 347 g/mol. The average molecular weight is 362 g/mol. The van der Waals surface area contributed by atoms with Gasteiger partial charge in [0.2, 0.25) is 0 Å². The lowest BCUT2D eigenvalue weighted by atomic mass is 10.0. The summed E-state index contributed by atoms with van der Waals surface area (Å²) in [6.45, 7) is 2.64. The van der Waals surface area contributed by atoms with Crippen molar-refractivity contribution in [2.24, 2.45) is 0 Å². The molecule has 0 aliphatic carbocycles. The third-order valence-corrected chi connectivity index (χ3v) is 3.51. The van der Waals surface area contributed by atoms with Crippen molar-refractivity contribution >= 4 is 38.5 Å². The van der Waals surface area contributed by atoms with Gasteiger partial charge in [-0.3, -0.25) is 10.2 Å². The van der Waals surface area contributed by atoms with E-state index in [0.717, 1.165) is 0 Å². The van der Waals surface area contributed by atoms with Crippen LogP contribution in [-0.4, -0.2) is 17.5 Å². The predicted octanol–water partition coefficient (Wildman–Crippen LogP) is 4.26. The minimum Gasteiger partial charge on any atom is -0.391 e. The molecule has 0 heterocycles. The summed E-state index contributed by atoms with van der Waals surface area (Å²) in [5.74, 6) is -0.527. The van der Waals surface area contributed by atoms with Gasteiger partial charge in [0.1, 0.15) is 11.0 Å². The summed E-state index contributed by atoms with van der Waals surface area (Å²) in [7, 11) is 0. The summed E-state index contributed by atoms with van der Waals surface area (Å²) < 4.78 is 13.4. The van der Waals surface area contributed by atoms with Crippen LogP contribution in [0.4, 0.5) is 4.39 Å². The fourth-order valence-corrected chi connectivity index (χ4v) is 2.29. The second-order valence-corrected chi connectivity index (χ2v) is 5.32. The molecule has 0 fully saturated rings. The molecule has 0 aliphatic rings. The summed E-state index contributed by atoms with van der Waals surface area (Å²) in [6, 6.07) is 3.95. The molecule has 108 valence electrons. The number of Topliss-reactive ketones (excluding diaryl/α,β-unsaturated/α-hetero) is 1. The first kappa shape index (κ1) is 16.9. The number of nitrogens with one attached hydrogen (secondary N) is 2. The number of ketones is 1. The van der Waals surface area contributed by atoms with E-state index in [9.17, 15) is 9.18 Å². The molecule has 1 aromatic rings. The lowest BCUT2D eigenvalue weighted by Crippen LogP contribution is -2.08. The van der Waals surface area contributed by atoms with Crippen LogP contribution in [0, 0.1) is 11.2 Å². The highest BCUT2D eigenvalue weighted by atomic mass is 79.9. The maximum absolute atomic E-state index is 13.0. The number of carbonyl (C=O) groups excluding carboxylic acids is 1. The molecule has 0 saturated heterocycles. The van der Waals surface area contributed by atoms with E-state index in [1.807, 2.05) is 6.92 Å². The normalized spacial score (nSPS) is 11.3. The Morgan fingerprint density at radius 3 is 2.75 bits per heavy atom. The van der Waals surface area contributed by atoms with E-state index in [-0.39, 0.29) is 17.4 Å². The molecular formula is C14H15BrClFN2O. The summed E-state index contributed by atoms with van der Waals surface area (Å²) in [5.41, 5.74) is 0.996. The van der Waals surface area contributed by atoms with Crippen LogP contribution in [0.25, 0.3) is 0 Å². The number of halogens is 3. The second kappa shape index (κ2) is 8.17. The summed E-state index contributed by atoms with van der Waals surface area (Å²) in [5, 5.41) is 10.3. The van der Waals surface area contributed by atoms with Crippen LogP contribution in [0.5, 0.6) is 0 Å². The lowest BCUT2D eigenvalue weighted by molar-refractivity contribution is 0.0982. The van der Waals surface area contributed by atoms with Gasteiger partial charge in [0, 0.05) is 34.8 Å². The average Bonchev–Trinajstić information content (AvgIpc) is 2.38. The van der Waals surface area contributed by atoms with Crippen molar-refractivity contribution in [2.45, 2.75) is 19.8 Å². The zero-order chi connectivity index (χ0) is 15.1. The van der Waals surface area contributed by atoms with Gasteiger partial charge in [-0.05, 0) is 47.5 Å². The second-order valence-electron chi connectivity index (χ2n) is 4.09. The van der Waals surface area contributed by atoms with Crippen LogP contribution in [-0.2, 0) is 0 Å². The van der Waals surface area contributed by atoms with Crippen molar-refractivity contribution in [2.75, 3.05) is 6.54 Å². The van der Waals surface area contributed by atoms with Gasteiger partial charge in [-0.25, -0.2) is 4.39 Å². The topological polar surface area (TPSA) is 53.0 Å². The number of allylic oxidation sites excluding steroid dienone is 1. The van der Waals surface area contributed by atoms with Gasteiger partial charge in [-0.2, -0.15) is 0 Å². The van der Waals surface area contributed by atoms with Gasteiger partial charge in [0.25, 0.3) is 0 Å². The highest BCUT2D eigenvalue weighted by Gasteiger charge is 2.12. The molecule has 20 heavy (non-hydrogen) atoms. The SMILES string of the molecule is CCN/C=C(/CCC(=O)c1ccc(F)cc1Br)C(=N)Cl. The maximum atomic E-state index is 13.0. The van der Waals surface area contributed by atoms with E-state index in [1.54, 1.807) is 6.20 Å². The van der Waals surface area contributed by atoms with E-state index in [1.165, 1.54) is 18.2 Å². The quantitative estimate of drug-likeness (QED) is 0.563. The molecule has 1 rings (SSSR count). The van der Waals surface area contributed by atoms with Gasteiger partial charge < -0.3 is 5.32 Å². The molecule has 3 nitrogen and oxygen atoms in total. The molecule has 0 aromatic heterocycles. The van der Waals surface area contributed by atoms with Crippen molar-refractivity contribution in [3.8, 4) is 0 Å². The Hall–Kier alpha value is -1.20. The van der Waals surface area contributed by atoms with Crippen molar-refractivity contribution in [1.29, 1.82) is 5.41 Å². The zero-order valence-electron chi connectivity index (χ0n) is 11.0. The molecule has 0 amide bonds. The summed E-state index contributed by atoms with van der Waals surface area (Å²) in [4.78, 5) is 12.1. The third kappa shape index (κ3) is 5.06. The van der Waals surface area contributed by atoms with Crippen LogP contribution in [0.3, 0.4) is 0 Å². The third-order valence-electron chi connectivity index (χ3n) is 2.62. The molecule has 0 radical (unpaired) electrons. The largest absolute Gasteiger partial charge is 0.391 e. The van der Waals surface area contributed by atoms with Crippen LogP contribution in [0.2, 0.25) is 0 Å². The van der Waals surface area contributed by atoms with Gasteiger partial charge in [0.05, 0.1) is 0 Å². The van der Waals surface area contributed by atoms with E-state index in [4.69, 9.17) is 17.0 Å². The number of hydrogen-bond donors (Lipinski definition) is 2. The lowest BCUT2D eigenvalue weighted by Gasteiger charge is -2.06. The number of rotatable bonds is 7. The Labute approximate surface area is 130 Å². The van der Waals surface area contributed by atoms with Crippen molar-refractivity contribution in [3.05, 3.63) is 45.8 Å². The van der Waals surface area contributed by atoms with E-state index >= 15 is 0 Å². The van der Waals surface area contributed by atoms with E-state index in [0.29, 0.717) is 28.6 Å². The highest BCUT2D eigenvalue weighted by molar-refractivity contribution is 9.10. The van der Waals surface area contributed by atoms with Gasteiger partial charge in [-0.1, -0.05) is 11.6 Å². The molecule has 0 atom stereocenters. The van der Waals surface area contributed by atoms with Gasteiger partial charge >= 0.3 is 0 Å². The predicted molar refractivity (Wildman–Crippen MR) is 83.0 cm³/mol. The van der Waals surface area contributed by atoms with Crippen molar-refractivity contribution in [3.63, 3.8) is 0 Å². The molecule has 0 aliphatic heterocycles. The van der Waals surface area contributed by atoms with Crippen molar-refractivity contribution < 1.29 is 9.18 Å². The molecule has 0 bridgehead atoms. The molecule has 6 heteroatoms. The molecule has 1 aromatic carbocycles. The first-order valence-electron chi connectivity index (χ1n) is 6.10. The molecule has 2 N–H and O–H groups in total. The fraction of sp³-hybridized carbons (Fsp3) is 0.286. The Bertz CT molecular complexity index is 546. The monoisotopic (exact) mass is 360 g/mol. The maximum Gasteiger partial charge on any atom is 0.164 e. The highest BCUT2D eigenvalue weighted by Crippen LogP contribution is 2.21. The Kier molecular flexibility index (Phi) is 6.88. The van der Waals surface area contributed by atoms with Crippen LogP contribution < -0.4 is 5.32 Å². The summed E-state index contributed by atoms with van der Waals surface area (Å²) in [6.07, 6.45) is 2.21. The zero-order valence-corrected chi connectivity index (χ0v) is 13.3. The van der Waals surface area contributed by atoms with Gasteiger partial charge in [-0.15, -0.1) is 0 Å². The minimum atomic E-state index is -0.399. The van der Waals surface area contributed by atoms with E-state index < -0.39 is 5.82 Å².